The third kappa shape index (κ3) is 2.50. The molecule has 0 radical (unpaired) electrons. The fourth-order valence-electron chi connectivity index (χ4n) is 2.14. The molecule has 0 saturated carbocycles. The zero-order valence-corrected chi connectivity index (χ0v) is 10.4. The van der Waals surface area contributed by atoms with E-state index in [2.05, 4.69) is 0 Å². The van der Waals surface area contributed by atoms with Crippen LogP contribution in [0.3, 0.4) is 0 Å². The first-order chi connectivity index (χ1) is 9.06. The Kier molecular flexibility index (Phi) is 3.66. The number of anilines is 1. The summed E-state index contributed by atoms with van der Waals surface area (Å²) in [6, 6.07) is 4.11. The molecule has 1 fully saturated rings. The highest BCUT2D eigenvalue weighted by atomic mass is 16.6. The number of ether oxygens (including phenoxy) is 1. The molecule has 1 aromatic carbocycles. The number of non-ortho nitro benzene ring substituents is 1. The minimum absolute atomic E-state index is 0.0580. The lowest BCUT2D eigenvalue weighted by Gasteiger charge is -2.19. The van der Waals surface area contributed by atoms with Gasteiger partial charge in [0.2, 0.25) is 5.91 Å². The van der Waals surface area contributed by atoms with Crippen LogP contribution in [0.15, 0.2) is 18.2 Å². The van der Waals surface area contributed by atoms with Crippen LogP contribution in [0.4, 0.5) is 11.4 Å². The number of hydrogen-bond donors (Lipinski definition) is 1. The Bertz CT molecular complexity index is 517. The standard InChI is InChI=1S/C12H14N2O5/c1-19-11-5-9(14(17)18)2-3-10(11)13-6-8(7-15)4-12(13)16/h2-3,5,8,15H,4,6-7H2,1H3. The van der Waals surface area contributed by atoms with E-state index in [1.54, 1.807) is 0 Å². The number of benzene rings is 1. The molecule has 1 amide bonds. The number of carbonyl (C=O) groups is 1. The molecule has 7 nitrogen and oxygen atoms in total. The summed E-state index contributed by atoms with van der Waals surface area (Å²) in [5.74, 6) is 0.0553. The van der Waals surface area contributed by atoms with Gasteiger partial charge in [0.25, 0.3) is 5.69 Å². The van der Waals surface area contributed by atoms with Gasteiger partial charge in [0.05, 0.1) is 23.8 Å². The summed E-state index contributed by atoms with van der Waals surface area (Å²) in [6.07, 6.45) is 0.274. The summed E-state index contributed by atoms with van der Waals surface area (Å²) in [4.78, 5) is 23.5. The Balaban J connectivity index is 2.34. The molecule has 0 aliphatic carbocycles. The predicted octanol–water partition coefficient (Wildman–Crippen LogP) is 0.949. The van der Waals surface area contributed by atoms with E-state index in [1.807, 2.05) is 0 Å². The number of nitrogens with zero attached hydrogens (tertiary/aromatic N) is 2. The average molecular weight is 266 g/mol. The molecule has 102 valence electrons. The highest BCUT2D eigenvalue weighted by Gasteiger charge is 2.32. The lowest BCUT2D eigenvalue weighted by atomic mass is 10.1. The molecular weight excluding hydrogens is 252 g/mol. The number of aliphatic hydroxyl groups excluding tert-OH is 1. The molecule has 2 rings (SSSR count). The number of hydrogen-bond acceptors (Lipinski definition) is 5. The van der Waals surface area contributed by atoms with E-state index in [9.17, 15) is 14.9 Å². The molecule has 7 heteroatoms. The van der Waals surface area contributed by atoms with Crippen molar-refractivity contribution in [2.45, 2.75) is 6.42 Å². The van der Waals surface area contributed by atoms with Gasteiger partial charge in [0, 0.05) is 31.6 Å². The SMILES string of the molecule is COc1cc([N+](=O)[O-])ccc1N1CC(CO)CC1=O. The van der Waals surface area contributed by atoms with Gasteiger partial charge in [-0.1, -0.05) is 0 Å². The molecule has 1 unspecified atom stereocenters. The van der Waals surface area contributed by atoms with E-state index in [4.69, 9.17) is 9.84 Å². The van der Waals surface area contributed by atoms with Crippen molar-refractivity contribution in [1.82, 2.24) is 0 Å². The average Bonchev–Trinajstić information content (AvgIpc) is 2.79. The Morgan fingerprint density at radius 2 is 2.32 bits per heavy atom. The second-order valence-electron chi connectivity index (χ2n) is 4.37. The number of aliphatic hydroxyl groups is 1. The lowest BCUT2D eigenvalue weighted by molar-refractivity contribution is -0.384. The highest BCUT2D eigenvalue weighted by Crippen LogP contribution is 2.35. The number of nitro groups is 1. The van der Waals surface area contributed by atoms with Crippen LogP contribution in [0.1, 0.15) is 6.42 Å². The summed E-state index contributed by atoms with van der Waals surface area (Å²) in [6.45, 7) is 0.334. The van der Waals surface area contributed by atoms with Crippen molar-refractivity contribution in [3.63, 3.8) is 0 Å². The molecule has 1 aromatic rings. The summed E-state index contributed by atoms with van der Waals surface area (Å²) in [5, 5.41) is 19.8. The Morgan fingerprint density at radius 3 is 2.84 bits per heavy atom. The van der Waals surface area contributed by atoms with Gasteiger partial charge in [0.1, 0.15) is 5.75 Å². The molecule has 1 aliphatic rings. The highest BCUT2D eigenvalue weighted by molar-refractivity contribution is 5.97. The fraction of sp³-hybridized carbons (Fsp3) is 0.417. The van der Waals surface area contributed by atoms with Crippen LogP contribution in [0, 0.1) is 16.0 Å². The van der Waals surface area contributed by atoms with Crippen LogP contribution in [-0.4, -0.2) is 36.2 Å². The van der Waals surface area contributed by atoms with Crippen molar-refractivity contribution in [2.75, 3.05) is 25.2 Å². The second-order valence-corrected chi connectivity index (χ2v) is 4.37. The number of amides is 1. The van der Waals surface area contributed by atoms with Gasteiger partial charge in [-0.15, -0.1) is 0 Å². The van der Waals surface area contributed by atoms with E-state index in [1.165, 1.54) is 30.2 Å². The van der Waals surface area contributed by atoms with Crippen LogP contribution in [-0.2, 0) is 4.79 Å². The van der Waals surface area contributed by atoms with E-state index in [-0.39, 0.29) is 36.3 Å². The molecule has 0 aromatic heterocycles. The maximum atomic E-state index is 11.9. The van der Waals surface area contributed by atoms with Gasteiger partial charge in [-0.3, -0.25) is 14.9 Å². The molecular formula is C12H14N2O5. The summed E-state index contributed by atoms with van der Waals surface area (Å²) >= 11 is 0. The van der Waals surface area contributed by atoms with Gasteiger partial charge in [-0.25, -0.2) is 0 Å². The number of rotatable bonds is 4. The molecule has 1 atom stereocenters. The number of methoxy groups -OCH3 is 1. The van der Waals surface area contributed by atoms with E-state index in [0.717, 1.165) is 0 Å². The van der Waals surface area contributed by atoms with Gasteiger partial charge in [-0.2, -0.15) is 0 Å². The Morgan fingerprint density at radius 1 is 1.58 bits per heavy atom. The number of carbonyl (C=O) groups excluding carboxylic acids is 1. The first kappa shape index (κ1) is 13.3. The molecule has 0 spiro atoms. The van der Waals surface area contributed by atoms with Crippen molar-refractivity contribution >= 4 is 17.3 Å². The zero-order chi connectivity index (χ0) is 14.0. The van der Waals surface area contributed by atoms with E-state index in [0.29, 0.717) is 12.2 Å². The second kappa shape index (κ2) is 5.23. The van der Waals surface area contributed by atoms with Gasteiger partial charge in [-0.05, 0) is 6.07 Å². The van der Waals surface area contributed by atoms with E-state index >= 15 is 0 Å². The third-order valence-electron chi connectivity index (χ3n) is 3.13. The smallest absolute Gasteiger partial charge is 0.273 e. The molecule has 1 heterocycles. The van der Waals surface area contributed by atoms with E-state index < -0.39 is 4.92 Å². The van der Waals surface area contributed by atoms with Gasteiger partial charge < -0.3 is 14.7 Å². The van der Waals surface area contributed by atoms with Crippen molar-refractivity contribution in [1.29, 1.82) is 0 Å². The normalized spacial score (nSPS) is 18.7. The topological polar surface area (TPSA) is 92.9 Å². The summed E-state index contributed by atoms with van der Waals surface area (Å²) in [5.41, 5.74) is 0.403. The Hall–Kier alpha value is -2.15. The van der Waals surface area contributed by atoms with Gasteiger partial charge in [0.15, 0.2) is 0 Å². The predicted molar refractivity (Wildman–Crippen MR) is 67.2 cm³/mol. The van der Waals surface area contributed by atoms with Crippen LogP contribution in [0.2, 0.25) is 0 Å². The van der Waals surface area contributed by atoms with Crippen LogP contribution in [0.5, 0.6) is 5.75 Å². The fourth-order valence-corrected chi connectivity index (χ4v) is 2.14. The molecule has 0 bridgehead atoms. The maximum Gasteiger partial charge on any atom is 0.273 e. The summed E-state index contributed by atoms with van der Waals surface area (Å²) < 4.78 is 5.10. The van der Waals surface area contributed by atoms with Crippen LogP contribution < -0.4 is 9.64 Å². The first-order valence-corrected chi connectivity index (χ1v) is 5.80. The van der Waals surface area contributed by atoms with Crippen molar-refractivity contribution < 1.29 is 19.6 Å². The molecule has 1 saturated heterocycles. The van der Waals surface area contributed by atoms with Gasteiger partial charge >= 0.3 is 0 Å². The summed E-state index contributed by atoms with van der Waals surface area (Å²) in [7, 11) is 1.40. The monoisotopic (exact) mass is 266 g/mol. The first-order valence-electron chi connectivity index (χ1n) is 5.80. The number of nitro benzene ring substituents is 1. The maximum absolute atomic E-state index is 11.9. The molecule has 1 N–H and O–H groups in total. The zero-order valence-electron chi connectivity index (χ0n) is 10.4. The molecule has 1 aliphatic heterocycles. The van der Waals surface area contributed by atoms with Crippen LogP contribution in [0.25, 0.3) is 0 Å². The van der Waals surface area contributed by atoms with Crippen LogP contribution >= 0.6 is 0 Å². The molecule has 19 heavy (non-hydrogen) atoms. The van der Waals surface area contributed by atoms with Crippen molar-refractivity contribution in [2.24, 2.45) is 5.92 Å². The van der Waals surface area contributed by atoms with Crippen molar-refractivity contribution in [3.05, 3.63) is 28.3 Å². The Labute approximate surface area is 109 Å². The minimum Gasteiger partial charge on any atom is -0.494 e. The third-order valence-corrected chi connectivity index (χ3v) is 3.13. The minimum atomic E-state index is -0.519. The van der Waals surface area contributed by atoms with Crippen molar-refractivity contribution in [3.8, 4) is 5.75 Å². The quantitative estimate of drug-likeness (QED) is 0.647. The lowest BCUT2D eigenvalue weighted by Crippen LogP contribution is -2.25. The largest absolute Gasteiger partial charge is 0.494 e.